The molecule has 0 aromatic heterocycles. The first-order valence-corrected chi connectivity index (χ1v) is 24.3. The van der Waals surface area contributed by atoms with Crippen molar-refractivity contribution in [1.29, 1.82) is 0 Å². The van der Waals surface area contributed by atoms with E-state index in [4.69, 9.17) is 19.3 Å². The lowest BCUT2D eigenvalue weighted by atomic mass is 9.77. The van der Waals surface area contributed by atoms with E-state index in [1.807, 2.05) is 30.3 Å². The SMILES string of the molecule is CCCCCCCCCCCCCCCC(=O)SC[C@@H](C(=O)NC)N(C)C(=O)Oc1ccc2c(c1)Oc1cc(N3CCN(C(=O)CCC(=O)O)CC3)ccc1C21OC(=O)c2ccccc21. The minimum Gasteiger partial charge on any atom is -0.481 e. The van der Waals surface area contributed by atoms with Gasteiger partial charge in [0.05, 0.1) is 12.0 Å². The highest BCUT2D eigenvalue weighted by Gasteiger charge is 2.53. The zero-order chi connectivity index (χ0) is 46.3. The molecule has 2 N–H and O–H groups in total. The number of carboxylic acid groups (broad SMARTS) is 1. The monoisotopic (exact) mass is 912 g/mol. The van der Waals surface area contributed by atoms with E-state index in [9.17, 15) is 28.8 Å². The molecule has 3 aromatic carbocycles. The van der Waals surface area contributed by atoms with Gasteiger partial charge in [0, 0.05) is 93.4 Å². The van der Waals surface area contributed by atoms with E-state index in [2.05, 4.69) is 17.1 Å². The van der Waals surface area contributed by atoms with Crippen molar-refractivity contribution in [3.8, 4) is 17.2 Å². The van der Waals surface area contributed by atoms with Crippen LogP contribution in [0, 0.1) is 0 Å². The molecule has 3 aliphatic heterocycles. The Morgan fingerprint density at radius 1 is 0.785 bits per heavy atom. The standard InChI is InChI=1S/C50H64N4O10S/c1-4-5-6-7-8-9-10-11-12-13-14-15-16-21-46(58)65-34-41(47(59)51-2)52(3)49(61)62-36-23-25-40-43(33-36)63-42-32-35(53-28-30-54(31-29-53)44(55)26-27-45(56)57)22-24-39(42)50(40)38-20-18-17-19-37(38)48(60)64-50/h17-20,22-25,32-33,41H,4-16,21,26-31,34H2,1-3H3,(H,51,59)(H,56,57)/t41-,50?/m0/s1. The van der Waals surface area contributed by atoms with Crippen LogP contribution in [0.3, 0.4) is 0 Å². The van der Waals surface area contributed by atoms with Gasteiger partial charge in [0.25, 0.3) is 0 Å². The molecule has 0 aliphatic carbocycles. The molecule has 0 saturated carbocycles. The van der Waals surface area contributed by atoms with Gasteiger partial charge in [-0.15, -0.1) is 0 Å². The number of ether oxygens (including phenoxy) is 3. The number of carbonyl (C=O) groups is 6. The predicted molar refractivity (Wildman–Crippen MR) is 250 cm³/mol. The number of piperazine rings is 1. The van der Waals surface area contributed by atoms with E-state index in [-0.39, 0.29) is 41.1 Å². The van der Waals surface area contributed by atoms with Crippen LogP contribution in [-0.4, -0.2) is 102 Å². The Morgan fingerprint density at radius 3 is 2.05 bits per heavy atom. The average molecular weight is 913 g/mol. The number of carboxylic acids is 1. The van der Waals surface area contributed by atoms with Crippen molar-refractivity contribution in [3.05, 3.63) is 82.9 Å². The molecule has 0 bridgehead atoms. The highest BCUT2D eigenvalue weighted by molar-refractivity contribution is 8.13. The summed E-state index contributed by atoms with van der Waals surface area (Å²) in [6.07, 6.45) is 15.2. The largest absolute Gasteiger partial charge is 0.481 e. The molecule has 350 valence electrons. The molecule has 15 heteroatoms. The molecule has 3 aromatic rings. The smallest absolute Gasteiger partial charge is 0.415 e. The van der Waals surface area contributed by atoms with Crippen LogP contribution in [-0.2, 0) is 29.5 Å². The first kappa shape index (κ1) is 48.9. The Kier molecular flexibility index (Phi) is 17.7. The third-order valence-electron chi connectivity index (χ3n) is 12.6. The summed E-state index contributed by atoms with van der Waals surface area (Å²) in [5.41, 5.74) is 1.62. The third-order valence-corrected chi connectivity index (χ3v) is 13.6. The Morgan fingerprint density at radius 2 is 1.40 bits per heavy atom. The number of thioether (sulfide) groups is 1. The van der Waals surface area contributed by atoms with Gasteiger partial charge in [-0.05, 0) is 36.8 Å². The zero-order valence-electron chi connectivity index (χ0n) is 38.1. The number of nitrogens with one attached hydrogen (secondary N) is 1. The minimum absolute atomic E-state index is 0.0209. The molecule has 1 saturated heterocycles. The Hall–Kier alpha value is -5.57. The van der Waals surface area contributed by atoms with Crippen molar-refractivity contribution in [2.24, 2.45) is 0 Å². The van der Waals surface area contributed by atoms with E-state index >= 15 is 0 Å². The molecule has 3 heterocycles. The van der Waals surface area contributed by atoms with Crippen LogP contribution in [0.15, 0.2) is 60.7 Å². The number of unbranched alkanes of at least 4 members (excludes halogenated alkanes) is 12. The van der Waals surface area contributed by atoms with Crippen LogP contribution < -0.4 is 19.7 Å². The van der Waals surface area contributed by atoms with Crippen molar-refractivity contribution in [2.75, 3.05) is 50.9 Å². The van der Waals surface area contributed by atoms with Gasteiger partial charge in [-0.2, -0.15) is 0 Å². The van der Waals surface area contributed by atoms with Gasteiger partial charge < -0.3 is 34.4 Å². The van der Waals surface area contributed by atoms with Crippen molar-refractivity contribution < 1.29 is 48.1 Å². The van der Waals surface area contributed by atoms with Gasteiger partial charge in [0.1, 0.15) is 23.3 Å². The van der Waals surface area contributed by atoms with Gasteiger partial charge in [-0.25, -0.2) is 9.59 Å². The molecular weight excluding hydrogens is 849 g/mol. The maximum absolute atomic E-state index is 13.7. The number of amides is 3. The van der Waals surface area contributed by atoms with Crippen molar-refractivity contribution in [1.82, 2.24) is 15.1 Å². The second kappa shape index (κ2) is 23.6. The summed E-state index contributed by atoms with van der Waals surface area (Å²) in [5.74, 6) is -1.23. The predicted octanol–water partition coefficient (Wildman–Crippen LogP) is 9.05. The number of anilines is 1. The van der Waals surface area contributed by atoms with Crippen molar-refractivity contribution in [3.63, 3.8) is 0 Å². The van der Waals surface area contributed by atoms with Crippen LogP contribution >= 0.6 is 11.8 Å². The van der Waals surface area contributed by atoms with Crippen LogP contribution in [0.25, 0.3) is 0 Å². The van der Waals surface area contributed by atoms with E-state index in [1.165, 1.54) is 83.2 Å². The van der Waals surface area contributed by atoms with Gasteiger partial charge in [0.2, 0.25) is 11.8 Å². The summed E-state index contributed by atoms with van der Waals surface area (Å²) in [5, 5.41) is 11.6. The van der Waals surface area contributed by atoms with E-state index in [0.29, 0.717) is 60.6 Å². The number of fused-ring (bicyclic) bond motifs is 6. The van der Waals surface area contributed by atoms with E-state index in [0.717, 1.165) is 36.7 Å². The lowest BCUT2D eigenvalue weighted by Crippen LogP contribution is -2.49. The van der Waals surface area contributed by atoms with Crippen molar-refractivity contribution in [2.45, 2.75) is 121 Å². The lowest BCUT2D eigenvalue weighted by molar-refractivity contribution is -0.141. The first-order valence-electron chi connectivity index (χ1n) is 23.3. The van der Waals surface area contributed by atoms with E-state index in [1.54, 1.807) is 35.2 Å². The maximum Gasteiger partial charge on any atom is 0.415 e. The molecule has 3 aliphatic rings. The number of likely N-dealkylation sites (N-methyl/N-ethyl adjacent to an activating group) is 2. The molecule has 0 radical (unpaired) electrons. The number of benzene rings is 3. The van der Waals surface area contributed by atoms with Gasteiger partial charge in [-0.1, -0.05) is 114 Å². The summed E-state index contributed by atoms with van der Waals surface area (Å²) in [6.45, 7) is 4.10. The summed E-state index contributed by atoms with van der Waals surface area (Å²) >= 11 is 1.05. The Labute approximate surface area is 386 Å². The molecule has 1 spiro atoms. The van der Waals surface area contributed by atoms with Gasteiger partial charge in [-0.3, -0.25) is 24.1 Å². The number of nitrogens with zero attached hydrogens (tertiary/aromatic N) is 3. The number of hydrogen-bond donors (Lipinski definition) is 2. The topological polar surface area (TPSA) is 172 Å². The summed E-state index contributed by atoms with van der Waals surface area (Å²) in [7, 11) is 2.94. The quantitative estimate of drug-likeness (QED) is 0.0684. The van der Waals surface area contributed by atoms with Crippen LogP contribution in [0.4, 0.5) is 10.5 Å². The van der Waals surface area contributed by atoms with Gasteiger partial charge in [0.15, 0.2) is 10.7 Å². The van der Waals surface area contributed by atoms with Crippen LogP contribution in [0.2, 0.25) is 0 Å². The first-order chi connectivity index (χ1) is 31.5. The summed E-state index contributed by atoms with van der Waals surface area (Å²) in [4.78, 5) is 81.6. The van der Waals surface area contributed by atoms with Crippen LogP contribution in [0.1, 0.15) is 137 Å². The third kappa shape index (κ3) is 12.2. The fourth-order valence-electron chi connectivity index (χ4n) is 8.85. The molecule has 65 heavy (non-hydrogen) atoms. The fourth-order valence-corrected chi connectivity index (χ4v) is 9.86. The maximum atomic E-state index is 13.7. The van der Waals surface area contributed by atoms with Crippen LogP contribution in [0.5, 0.6) is 17.2 Å². The highest BCUT2D eigenvalue weighted by Crippen LogP contribution is 2.57. The molecular formula is C50H64N4O10S. The molecule has 1 fully saturated rings. The summed E-state index contributed by atoms with van der Waals surface area (Å²) < 4.78 is 18.7. The van der Waals surface area contributed by atoms with Gasteiger partial charge >= 0.3 is 18.0 Å². The molecule has 6 rings (SSSR count). The normalized spacial score (nSPS) is 16.4. The highest BCUT2D eigenvalue weighted by atomic mass is 32.2. The molecule has 3 amide bonds. The fraction of sp³-hybridized carbons (Fsp3) is 0.520. The second-order valence-corrected chi connectivity index (χ2v) is 18.2. The number of aliphatic carboxylic acids is 1. The molecule has 14 nitrogen and oxygen atoms in total. The van der Waals surface area contributed by atoms with Crippen molar-refractivity contribution >= 4 is 52.4 Å². The molecule has 1 unspecified atom stereocenters. The lowest BCUT2D eigenvalue weighted by Gasteiger charge is -2.39. The number of rotatable bonds is 23. The average Bonchev–Trinajstić information content (AvgIpc) is 3.60. The summed E-state index contributed by atoms with van der Waals surface area (Å²) in [6, 6.07) is 16.7. The number of esters is 1. The Balaban J connectivity index is 1.08. The number of carbonyl (C=O) groups excluding carboxylic acids is 5. The number of hydrogen-bond acceptors (Lipinski definition) is 11. The molecule has 2 atom stereocenters. The second-order valence-electron chi connectivity index (χ2n) is 17.1. The Bertz CT molecular complexity index is 2170. The minimum atomic E-state index is -1.37. The zero-order valence-corrected chi connectivity index (χ0v) is 38.9. The van der Waals surface area contributed by atoms with E-state index < -0.39 is 35.6 Å².